The van der Waals surface area contributed by atoms with Crippen molar-refractivity contribution in [1.82, 2.24) is 0 Å². The van der Waals surface area contributed by atoms with Crippen molar-refractivity contribution in [2.24, 2.45) is 58.2 Å². The quantitative estimate of drug-likeness (QED) is 0.592. The summed E-state index contributed by atoms with van der Waals surface area (Å²) in [7, 11) is 0. The number of rotatable bonds is 2. The van der Waals surface area contributed by atoms with Crippen molar-refractivity contribution < 1.29 is 4.79 Å². The molecule has 6 rings (SSSR count). The van der Waals surface area contributed by atoms with Crippen molar-refractivity contribution in [3.63, 3.8) is 0 Å². The van der Waals surface area contributed by atoms with Gasteiger partial charge in [0.15, 0.2) is 5.78 Å². The molecule has 0 saturated heterocycles. The fraction of sp³-hybridized carbons (Fsp3) is 0.880. The molecule has 0 amide bonds. The van der Waals surface area contributed by atoms with Gasteiger partial charge in [0.25, 0.3) is 0 Å². The van der Waals surface area contributed by atoms with Crippen molar-refractivity contribution in [1.29, 1.82) is 0 Å². The molecule has 6 aliphatic carbocycles. The van der Waals surface area contributed by atoms with Crippen LogP contribution in [0.25, 0.3) is 0 Å². The normalized spacial score (nSPS) is 55.5. The molecular weight excluding hydrogens is 316 g/mol. The molecule has 0 radical (unpaired) electrons. The van der Waals surface area contributed by atoms with E-state index in [0.717, 1.165) is 59.2 Å². The van der Waals surface area contributed by atoms with Gasteiger partial charge in [-0.05, 0) is 109 Å². The van der Waals surface area contributed by atoms with Crippen LogP contribution in [0.4, 0.5) is 0 Å². The van der Waals surface area contributed by atoms with Gasteiger partial charge in [-0.2, -0.15) is 0 Å². The smallest absolute Gasteiger partial charge is 0.155 e. The highest BCUT2D eigenvalue weighted by molar-refractivity contribution is 5.91. The van der Waals surface area contributed by atoms with Crippen LogP contribution in [-0.4, -0.2) is 5.78 Å². The Bertz CT molecular complexity index is 684. The molecule has 0 aromatic rings. The van der Waals surface area contributed by atoms with Gasteiger partial charge in [-0.15, -0.1) is 0 Å². The first kappa shape index (κ1) is 16.4. The second kappa shape index (κ2) is 5.06. The summed E-state index contributed by atoms with van der Waals surface area (Å²) in [6.07, 6.45) is 14.2. The van der Waals surface area contributed by atoms with Crippen LogP contribution in [0.5, 0.6) is 0 Å². The van der Waals surface area contributed by atoms with Crippen LogP contribution < -0.4 is 0 Å². The van der Waals surface area contributed by atoms with Gasteiger partial charge in [-0.25, -0.2) is 0 Å². The first-order valence-electron chi connectivity index (χ1n) is 11.8. The van der Waals surface area contributed by atoms with Crippen LogP contribution in [0, 0.1) is 58.2 Å². The number of hydrogen-bond donors (Lipinski definition) is 0. The zero-order chi connectivity index (χ0) is 17.8. The van der Waals surface area contributed by atoms with Crippen LogP contribution in [0.2, 0.25) is 0 Å². The Morgan fingerprint density at radius 1 is 1.08 bits per heavy atom. The van der Waals surface area contributed by atoms with Gasteiger partial charge < -0.3 is 0 Å². The molecule has 0 bridgehead atoms. The SMILES string of the molecule is CC[C@@H]1CC2=CC(=O)CC[C@@H]2[C@H]2CC[C@@]3(CC)[C@@H](C4C(C)C4C34CC4)[C@H]12. The van der Waals surface area contributed by atoms with Gasteiger partial charge in [-0.1, -0.05) is 32.8 Å². The van der Waals surface area contributed by atoms with Crippen molar-refractivity contribution in [2.75, 3.05) is 0 Å². The Morgan fingerprint density at radius 3 is 2.58 bits per heavy atom. The van der Waals surface area contributed by atoms with Gasteiger partial charge in [0.2, 0.25) is 0 Å². The van der Waals surface area contributed by atoms with Gasteiger partial charge >= 0.3 is 0 Å². The molecular formula is C25H36O. The molecule has 0 aromatic heterocycles. The molecule has 0 heterocycles. The Hall–Kier alpha value is -0.590. The van der Waals surface area contributed by atoms with E-state index in [2.05, 4.69) is 26.8 Å². The maximum atomic E-state index is 12.1. The first-order chi connectivity index (χ1) is 12.6. The van der Waals surface area contributed by atoms with E-state index in [1.807, 2.05) is 0 Å². The third-order valence-electron chi connectivity index (χ3n) is 11.0. The lowest BCUT2D eigenvalue weighted by Crippen LogP contribution is -2.53. The number of hydrogen-bond acceptors (Lipinski definition) is 1. The van der Waals surface area contributed by atoms with Crippen molar-refractivity contribution in [2.45, 2.75) is 78.6 Å². The van der Waals surface area contributed by atoms with Gasteiger partial charge in [0.1, 0.15) is 0 Å². The minimum atomic E-state index is 0.414. The Morgan fingerprint density at radius 2 is 1.88 bits per heavy atom. The molecule has 26 heavy (non-hydrogen) atoms. The minimum absolute atomic E-state index is 0.414. The second-order valence-electron chi connectivity index (χ2n) is 11.1. The average Bonchev–Trinajstić information content (AvgIpc) is 3.53. The van der Waals surface area contributed by atoms with Crippen molar-refractivity contribution in [3.05, 3.63) is 11.6 Å². The van der Waals surface area contributed by atoms with Crippen LogP contribution in [-0.2, 0) is 4.79 Å². The number of allylic oxidation sites excluding steroid dienone is 1. The van der Waals surface area contributed by atoms with E-state index in [1.165, 1.54) is 38.5 Å². The van der Waals surface area contributed by atoms with Crippen molar-refractivity contribution >= 4 is 5.78 Å². The van der Waals surface area contributed by atoms with Crippen LogP contribution in [0.1, 0.15) is 78.6 Å². The zero-order valence-corrected chi connectivity index (χ0v) is 17.0. The minimum Gasteiger partial charge on any atom is -0.295 e. The molecule has 142 valence electrons. The first-order valence-corrected chi connectivity index (χ1v) is 11.8. The van der Waals surface area contributed by atoms with Crippen molar-refractivity contribution in [3.8, 4) is 0 Å². The lowest BCUT2D eigenvalue weighted by Gasteiger charge is -2.59. The molecule has 1 nitrogen and oxygen atoms in total. The van der Waals surface area contributed by atoms with E-state index in [9.17, 15) is 4.79 Å². The molecule has 5 saturated carbocycles. The number of carbonyl (C=O) groups is 1. The number of carbonyl (C=O) groups excluding carboxylic acids is 1. The summed E-state index contributed by atoms with van der Waals surface area (Å²) in [5, 5.41) is 0. The maximum absolute atomic E-state index is 12.1. The largest absolute Gasteiger partial charge is 0.295 e. The summed E-state index contributed by atoms with van der Waals surface area (Å²) in [6, 6.07) is 0. The summed E-state index contributed by atoms with van der Waals surface area (Å²) in [5.41, 5.74) is 3.05. The Kier molecular flexibility index (Phi) is 3.19. The van der Waals surface area contributed by atoms with E-state index < -0.39 is 0 Å². The third-order valence-corrected chi connectivity index (χ3v) is 11.0. The van der Waals surface area contributed by atoms with Crippen LogP contribution in [0.15, 0.2) is 11.6 Å². The molecule has 0 aromatic carbocycles. The molecule has 0 aliphatic heterocycles. The highest BCUT2D eigenvalue weighted by Crippen LogP contribution is 2.88. The molecule has 9 atom stereocenters. The number of fused-ring (bicyclic) bond motifs is 9. The summed E-state index contributed by atoms with van der Waals surface area (Å²) in [5.74, 6) is 8.11. The highest BCUT2D eigenvalue weighted by Gasteiger charge is 2.82. The highest BCUT2D eigenvalue weighted by atomic mass is 16.1. The van der Waals surface area contributed by atoms with Crippen LogP contribution in [0.3, 0.4) is 0 Å². The summed E-state index contributed by atoms with van der Waals surface area (Å²) >= 11 is 0. The van der Waals surface area contributed by atoms with Crippen LogP contribution >= 0.6 is 0 Å². The van der Waals surface area contributed by atoms with E-state index in [-0.39, 0.29) is 0 Å². The summed E-state index contributed by atoms with van der Waals surface area (Å²) < 4.78 is 0. The zero-order valence-electron chi connectivity index (χ0n) is 17.0. The lowest BCUT2D eigenvalue weighted by molar-refractivity contribution is -0.117. The molecule has 5 fully saturated rings. The van der Waals surface area contributed by atoms with Gasteiger partial charge in [-0.3, -0.25) is 4.79 Å². The number of ketones is 1. The fourth-order valence-corrected chi connectivity index (χ4v) is 10.1. The van der Waals surface area contributed by atoms with E-state index in [1.54, 1.807) is 18.4 Å². The Balaban J connectivity index is 1.44. The molecule has 6 aliphatic rings. The fourth-order valence-electron chi connectivity index (χ4n) is 10.1. The molecule has 0 N–H and O–H groups in total. The molecule has 3 unspecified atom stereocenters. The summed E-state index contributed by atoms with van der Waals surface area (Å²) in [4.78, 5) is 12.1. The summed E-state index contributed by atoms with van der Waals surface area (Å²) in [6.45, 7) is 7.56. The standard InChI is InChI=1S/C25H36O/c1-4-15-12-16-13-17(26)6-7-18(16)19-8-9-24(5-2)23(21(15)19)20-14(3)22(20)25(24)10-11-25/h13-15,18-23H,4-12H2,1-3H3/t14?,15-,18+,19-,20?,21-,22?,23+,24+/m1/s1. The Labute approximate surface area is 159 Å². The topological polar surface area (TPSA) is 17.1 Å². The van der Waals surface area contributed by atoms with E-state index in [0.29, 0.717) is 11.2 Å². The molecule has 1 spiro atoms. The second-order valence-corrected chi connectivity index (χ2v) is 11.1. The molecule has 1 heteroatoms. The van der Waals surface area contributed by atoms with E-state index >= 15 is 0 Å². The average molecular weight is 353 g/mol. The third kappa shape index (κ3) is 1.69. The maximum Gasteiger partial charge on any atom is 0.155 e. The predicted molar refractivity (Wildman–Crippen MR) is 104 cm³/mol. The van der Waals surface area contributed by atoms with E-state index in [4.69, 9.17) is 0 Å². The lowest BCUT2D eigenvalue weighted by atomic mass is 9.45. The van der Waals surface area contributed by atoms with Gasteiger partial charge in [0, 0.05) is 6.42 Å². The monoisotopic (exact) mass is 352 g/mol. The van der Waals surface area contributed by atoms with Gasteiger partial charge in [0.05, 0.1) is 0 Å². The predicted octanol–water partition coefficient (Wildman–Crippen LogP) is 6.04.